The third-order valence-electron chi connectivity index (χ3n) is 3.73. The lowest BCUT2D eigenvalue weighted by molar-refractivity contribution is 0.450. The van der Waals surface area contributed by atoms with Gasteiger partial charge in [0.15, 0.2) is 0 Å². The van der Waals surface area contributed by atoms with Crippen molar-refractivity contribution in [2.75, 3.05) is 0 Å². The van der Waals surface area contributed by atoms with Gasteiger partial charge in [0, 0.05) is 17.2 Å². The second kappa shape index (κ2) is 6.59. The van der Waals surface area contributed by atoms with Crippen molar-refractivity contribution in [2.45, 2.75) is 13.8 Å². The number of aromatic hydroxyl groups is 2. The van der Waals surface area contributed by atoms with Gasteiger partial charge in [0.05, 0.1) is 11.4 Å². The lowest BCUT2D eigenvalue weighted by Gasteiger charge is -2.11. The molecule has 0 fully saturated rings. The van der Waals surface area contributed by atoms with E-state index in [1.54, 1.807) is 12.1 Å². The molecule has 0 saturated heterocycles. The van der Waals surface area contributed by atoms with Crippen molar-refractivity contribution >= 4 is 11.4 Å². The lowest BCUT2D eigenvalue weighted by atomic mass is 10.0. The molecule has 0 amide bonds. The average Bonchev–Trinajstić information content (AvgIpc) is 2.53. The van der Waals surface area contributed by atoms with Crippen LogP contribution < -0.4 is 0 Å². The first-order valence-electron chi connectivity index (χ1n) is 7.78. The maximum absolute atomic E-state index is 10.3. The molecule has 0 spiro atoms. The summed E-state index contributed by atoms with van der Waals surface area (Å²) in [6.45, 7) is 4.07. The van der Waals surface area contributed by atoms with E-state index in [1.807, 2.05) is 56.3 Å². The molecule has 3 heteroatoms. The van der Waals surface area contributed by atoms with Crippen LogP contribution >= 0.6 is 0 Å². The van der Waals surface area contributed by atoms with Gasteiger partial charge in [-0.2, -0.15) is 0 Å². The molecule has 3 rings (SSSR count). The van der Waals surface area contributed by atoms with Crippen molar-refractivity contribution in [3.8, 4) is 11.5 Å². The van der Waals surface area contributed by atoms with Crippen LogP contribution in [0, 0.1) is 13.8 Å². The number of rotatable bonds is 3. The monoisotopic (exact) mass is 317 g/mol. The minimum Gasteiger partial charge on any atom is -0.508 e. The number of hydrogen-bond acceptors (Lipinski definition) is 3. The zero-order valence-electron chi connectivity index (χ0n) is 13.7. The summed E-state index contributed by atoms with van der Waals surface area (Å²) in [5, 5.41) is 19.8. The third kappa shape index (κ3) is 3.46. The van der Waals surface area contributed by atoms with Crippen LogP contribution in [0.2, 0.25) is 0 Å². The molecular weight excluding hydrogens is 298 g/mol. The number of phenolic OH excluding ortho intramolecular Hbond substituents is 2. The van der Waals surface area contributed by atoms with Crippen molar-refractivity contribution in [1.82, 2.24) is 0 Å². The van der Waals surface area contributed by atoms with E-state index in [-0.39, 0.29) is 11.5 Å². The molecule has 3 nitrogen and oxygen atoms in total. The fourth-order valence-corrected chi connectivity index (χ4v) is 2.74. The number of phenols is 2. The molecule has 2 N–H and O–H groups in total. The molecule has 3 aromatic rings. The normalized spacial score (nSPS) is 11.5. The SMILES string of the molecule is Cc1cc(C)cc(N=C(c2ccccc2)c2ccc(O)cc2O)c1. The Morgan fingerprint density at radius 3 is 2.08 bits per heavy atom. The number of benzene rings is 3. The number of aliphatic imine (C=N–C) groups is 1. The maximum atomic E-state index is 10.3. The molecule has 0 aromatic heterocycles. The molecule has 3 aromatic carbocycles. The Kier molecular flexibility index (Phi) is 4.34. The van der Waals surface area contributed by atoms with E-state index < -0.39 is 0 Å². The molecule has 120 valence electrons. The van der Waals surface area contributed by atoms with Gasteiger partial charge >= 0.3 is 0 Å². The summed E-state index contributed by atoms with van der Waals surface area (Å²) in [6.07, 6.45) is 0. The zero-order valence-corrected chi connectivity index (χ0v) is 13.7. The highest BCUT2D eigenvalue weighted by Crippen LogP contribution is 2.28. The molecule has 0 aliphatic carbocycles. The quantitative estimate of drug-likeness (QED) is 0.676. The van der Waals surface area contributed by atoms with Crippen LogP contribution in [0.3, 0.4) is 0 Å². The molecule has 0 heterocycles. The van der Waals surface area contributed by atoms with Crippen LogP contribution in [0.4, 0.5) is 5.69 Å². The predicted molar refractivity (Wildman–Crippen MR) is 97.4 cm³/mol. The Labute approximate surface area is 141 Å². The molecule has 0 aliphatic rings. The minimum absolute atomic E-state index is 0.00183. The van der Waals surface area contributed by atoms with Gasteiger partial charge in [-0.05, 0) is 49.2 Å². The van der Waals surface area contributed by atoms with Crippen LogP contribution in [-0.2, 0) is 0 Å². The van der Waals surface area contributed by atoms with E-state index in [0.717, 1.165) is 22.4 Å². The Morgan fingerprint density at radius 2 is 1.46 bits per heavy atom. The van der Waals surface area contributed by atoms with Gasteiger partial charge in [-0.3, -0.25) is 0 Å². The van der Waals surface area contributed by atoms with Crippen molar-refractivity contribution < 1.29 is 10.2 Å². The Balaban J connectivity index is 2.20. The number of nitrogens with zero attached hydrogens (tertiary/aromatic N) is 1. The molecule has 0 unspecified atom stereocenters. The summed E-state index contributed by atoms with van der Waals surface area (Å²) < 4.78 is 0. The van der Waals surface area contributed by atoms with Crippen LogP contribution in [0.5, 0.6) is 11.5 Å². The smallest absolute Gasteiger partial charge is 0.128 e. The average molecular weight is 317 g/mol. The van der Waals surface area contributed by atoms with E-state index in [4.69, 9.17) is 4.99 Å². The Bertz CT molecular complexity index is 879. The number of hydrogen-bond donors (Lipinski definition) is 2. The molecular formula is C21H19NO2. The van der Waals surface area contributed by atoms with Crippen molar-refractivity contribution in [2.24, 2.45) is 4.99 Å². The molecule has 0 radical (unpaired) electrons. The second-order valence-corrected chi connectivity index (χ2v) is 5.87. The summed E-state index contributed by atoms with van der Waals surface area (Å²) in [4.78, 5) is 4.79. The zero-order chi connectivity index (χ0) is 17.1. The predicted octanol–water partition coefficient (Wildman–Crippen LogP) is 4.88. The molecule has 0 atom stereocenters. The topological polar surface area (TPSA) is 52.8 Å². The molecule has 0 saturated carbocycles. The van der Waals surface area contributed by atoms with E-state index in [1.165, 1.54) is 6.07 Å². The minimum atomic E-state index is 0.00183. The largest absolute Gasteiger partial charge is 0.508 e. The summed E-state index contributed by atoms with van der Waals surface area (Å²) >= 11 is 0. The Morgan fingerprint density at radius 1 is 0.792 bits per heavy atom. The molecule has 0 aliphatic heterocycles. The van der Waals surface area contributed by atoms with Crippen LogP contribution in [0.15, 0.2) is 71.7 Å². The summed E-state index contributed by atoms with van der Waals surface area (Å²) in [5.74, 6) is 0.0250. The van der Waals surface area contributed by atoms with Gasteiger partial charge in [0.1, 0.15) is 11.5 Å². The maximum Gasteiger partial charge on any atom is 0.128 e. The van der Waals surface area contributed by atoms with E-state index in [9.17, 15) is 10.2 Å². The van der Waals surface area contributed by atoms with Gasteiger partial charge in [-0.15, -0.1) is 0 Å². The Hall–Kier alpha value is -3.07. The van der Waals surface area contributed by atoms with E-state index >= 15 is 0 Å². The van der Waals surface area contributed by atoms with Crippen molar-refractivity contribution in [1.29, 1.82) is 0 Å². The highest BCUT2D eigenvalue weighted by Gasteiger charge is 2.12. The highest BCUT2D eigenvalue weighted by atomic mass is 16.3. The first-order valence-corrected chi connectivity index (χ1v) is 7.78. The standard InChI is InChI=1S/C21H19NO2/c1-14-10-15(2)12-17(11-14)22-21(16-6-4-3-5-7-16)19-9-8-18(23)13-20(19)24/h3-13,23-24H,1-2H3. The van der Waals surface area contributed by atoms with Gasteiger partial charge in [0.2, 0.25) is 0 Å². The summed E-state index contributed by atoms with van der Waals surface area (Å²) in [5.41, 5.74) is 5.25. The van der Waals surface area contributed by atoms with Crippen LogP contribution in [-0.4, -0.2) is 15.9 Å². The van der Waals surface area contributed by atoms with Crippen molar-refractivity contribution in [3.05, 3.63) is 89.0 Å². The molecule has 0 bridgehead atoms. The fraction of sp³-hybridized carbons (Fsp3) is 0.0952. The van der Waals surface area contributed by atoms with Crippen LogP contribution in [0.25, 0.3) is 0 Å². The van der Waals surface area contributed by atoms with E-state index in [2.05, 4.69) is 6.07 Å². The van der Waals surface area contributed by atoms with Gasteiger partial charge < -0.3 is 10.2 Å². The summed E-state index contributed by atoms with van der Waals surface area (Å²) in [6, 6.07) is 20.4. The van der Waals surface area contributed by atoms with Gasteiger partial charge in [-0.25, -0.2) is 4.99 Å². The highest BCUT2D eigenvalue weighted by molar-refractivity contribution is 6.15. The lowest BCUT2D eigenvalue weighted by Crippen LogP contribution is -2.03. The first kappa shape index (κ1) is 15.8. The molecule has 24 heavy (non-hydrogen) atoms. The third-order valence-corrected chi connectivity index (χ3v) is 3.73. The number of aryl methyl sites for hydroxylation is 2. The van der Waals surface area contributed by atoms with Crippen molar-refractivity contribution in [3.63, 3.8) is 0 Å². The fourth-order valence-electron chi connectivity index (χ4n) is 2.74. The summed E-state index contributed by atoms with van der Waals surface area (Å²) in [7, 11) is 0. The van der Waals surface area contributed by atoms with Gasteiger partial charge in [0.25, 0.3) is 0 Å². The second-order valence-electron chi connectivity index (χ2n) is 5.87. The van der Waals surface area contributed by atoms with Gasteiger partial charge in [-0.1, -0.05) is 36.4 Å². The van der Waals surface area contributed by atoms with Crippen LogP contribution in [0.1, 0.15) is 22.3 Å². The first-order chi connectivity index (χ1) is 11.5. The van der Waals surface area contributed by atoms with E-state index in [0.29, 0.717) is 11.3 Å².